The van der Waals surface area contributed by atoms with Gasteiger partial charge in [0.05, 0.1) is 27.5 Å². The largest absolute Gasteiger partial charge is 0.256 e. The normalized spacial score (nSPS) is 12.2. The van der Waals surface area contributed by atoms with Gasteiger partial charge < -0.3 is 0 Å². The SMILES string of the molecule is C[Si](C)(C)c1ccc2ccnc(-c3cccc([Si](c4ccccc4)c4cccc(-c5nccc6ccc([Si](C)(C)C)cc56)c4)c3)c2c1. The van der Waals surface area contributed by atoms with Crippen molar-refractivity contribution >= 4 is 72.4 Å². The molecule has 2 nitrogen and oxygen atoms in total. The Morgan fingerprint density at radius 2 is 0.872 bits per heavy atom. The molecule has 0 amide bonds. The van der Waals surface area contributed by atoms with Crippen LogP contribution in [0.2, 0.25) is 39.3 Å². The molecular weight excluding hydrogens is 617 g/mol. The third kappa shape index (κ3) is 6.31. The number of rotatable bonds is 7. The maximum Gasteiger partial charge on any atom is 0.154 e. The van der Waals surface area contributed by atoms with Crippen LogP contribution in [0.15, 0.2) is 140 Å². The van der Waals surface area contributed by atoms with Gasteiger partial charge in [-0.1, -0.05) is 170 Å². The predicted octanol–water partition coefficient (Wildman–Crippen LogP) is 7.72. The van der Waals surface area contributed by atoms with Crippen LogP contribution in [0.5, 0.6) is 0 Å². The summed E-state index contributed by atoms with van der Waals surface area (Å²) < 4.78 is 0. The van der Waals surface area contributed by atoms with Gasteiger partial charge in [0.15, 0.2) is 8.80 Å². The molecule has 5 aromatic carbocycles. The fourth-order valence-corrected chi connectivity index (χ4v) is 11.5. The molecule has 0 atom stereocenters. The van der Waals surface area contributed by atoms with Crippen LogP contribution in [-0.2, 0) is 0 Å². The van der Waals surface area contributed by atoms with Gasteiger partial charge >= 0.3 is 0 Å². The molecular formula is C42H41N2Si3. The minimum absolute atomic E-state index is 1.06. The van der Waals surface area contributed by atoms with Gasteiger partial charge in [-0.2, -0.15) is 0 Å². The average molecular weight is 658 g/mol. The lowest BCUT2D eigenvalue weighted by atomic mass is 10.0. The second-order valence-corrected chi connectivity index (χ2v) is 27.2. The monoisotopic (exact) mass is 657 g/mol. The fraction of sp³-hybridized carbons (Fsp3) is 0.143. The van der Waals surface area contributed by atoms with Crippen molar-refractivity contribution in [3.63, 3.8) is 0 Å². The van der Waals surface area contributed by atoms with Crippen molar-refractivity contribution in [3.8, 4) is 22.5 Å². The highest BCUT2D eigenvalue weighted by atomic mass is 28.3. The molecule has 0 unspecified atom stereocenters. The minimum atomic E-state index is -1.48. The van der Waals surface area contributed by atoms with Crippen LogP contribution >= 0.6 is 0 Å². The molecule has 0 saturated carbocycles. The van der Waals surface area contributed by atoms with Crippen molar-refractivity contribution in [2.24, 2.45) is 0 Å². The van der Waals surface area contributed by atoms with E-state index in [0.717, 1.165) is 11.4 Å². The van der Waals surface area contributed by atoms with E-state index in [1.165, 1.54) is 58.6 Å². The number of pyridine rings is 2. The summed E-state index contributed by atoms with van der Waals surface area (Å²) in [7, 11) is -4.31. The quantitative estimate of drug-likeness (QED) is 0.130. The van der Waals surface area contributed by atoms with E-state index in [0.29, 0.717) is 0 Å². The molecule has 231 valence electrons. The number of nitrogens with zero attached hydrogens (tertiary/aromatic N) is 2. The second kappa shape index (κ2) is 12.3. The zero-order chi connectivity index (χ0) is 32.8. The van der Waals surface area contributed by atoms with Crippen molar-refractivity contribution in [2.45, 2.75) is 39.3 Å². The molecule has 1 radical (unpaired) electrons. The van der Waals surface area contributed by atoms with E-state index in [1.807, 2.05) is 12.4 Å². The van der Waals surface area contributed by atoms with Crippen molar-refractivity contribution in [2.75, 3.05) is 0 Å². The minimum Gasteiger partial charge on any atom is -0.256 e. The molecule has 2 aromatic heterocycles. The van der Waals surface area contributed by atoms with E-state index in [4.69, 9.17) is 9.97 Å². The molecule has 0 N–H and O–H groups in total. The Labute approximate surface area is 282 Å². The van der Waals surface area contributed by atoms with Gasteiger partial charge in [-0.25, -0.2) is 0 Å². The fourth-order valence-electron chi connectivity index (χ4n) is 6.48. The molecule has 0 saturated heterocycles. The predicted molar refractivity (Wildman–Crippen MR) is 211 cm³/mol. The van der Waals surface area contributed by atoms with E-state index in [-0.39, 0.29) is 0 Å². The highest BCUT2D eigenvalue weighted by molar-refractivity contribution is 6.95. The summed E-state index contributed by atoms with van der Waals surface area (Å²) in [4.78, 5) is 9.95. The Morgan fingerprint density at radius 1 is 0.426 bits per heavy atom. The Kier molecular flexibility index (Phi) is 8.16. The smallest absolute Gasteiger partial charge is 0.154 e. The third-order valence-corrected chi connectivity index (χ3v) is 15.9. The summed E-state index contributed by atoms with van der Waals surface area (Å²) in [5.41, 5.74) is 4.46. The van der Waals surface area contributed by atoms with Gasteiger partial charge in [-0.05, 0) is 33.3 Å². The first kappa shape index (κ1) is 31.2. The summed E-state index contributed by atoms with van der Waals surface area (Å²) >= 11 is 0. The average Bonchev–Trinajstić information content (AvgIpc) is 3.07. The summed E-state index contributed by atoms with van der Waals surface area (Å²) in [6, 6.07) is 47.6. The first-order valence-electron chi connectivity index (χ1n) is 16.5. The Balaban J connectivity index is 1.37. The lowest BCUT2D eigenvalue weighted by Gasteiger charge is -2.20. The molecule has 7 rings (SSSR count). The number of fused-ring (bicyclic) bond motifs is 2. The van der Waals surface area contributed by atoms with Crippen LogP contribution in [0.1, 0.15) is 0 Å². The molecule has 0 aliphatic heterocycles. The molecule has 7 aromatic rings. The maximum atomic E-state index is 4.97. The Hall–Kier alpha value is -4.43. The number of hydrogen-bond acceptors (Lipinski definition) is 2. The van der Waals surface area contributed by atoms with E-state index < -0.39 is 24.9 Å². The third-order valence-electron chi connectivity index (χ3n) is 9.18. The van der Waals surface area contributed by atoms with Crippen LogP contribution in [0, 0.1) is 0 Å². The van der Waals surface area contributed by atoms with Crippen LogP contribution in [0.25, 0.3) is 44.1 Å². The van der Waals surface area contributed by atoms with E-state index in [1.54, 1.807) is 0 Å². The molecule has 0 spiro atoms. The van der Waals surface area contributed by atoms with Crippen molar-refractivity contribution in [1.29, 1.82) is 0 Å². The first-order chi connectivity index (χ1) is 22.6. The summed E-state index contributed by atoms with van der Waals surface area (Å²) in [5.74, 6) is 0. The molecule has 0 bridgehead atoms. The first-order valence-corrected chi connectivity index (χ1v) is 25.0. The molecule has 47 heavy (non-hydrogen) atoms. The highest BCUT2D eigenvalue weighted by Crippen LogP contribution is 2.28. The topological polar surface area (TPSA) is 25.8 Å². The van der Waals surface area contributed by atoms with Crippen LogP contribution in [-0.4, -0.2) is 34.9 Å². The lowest BCUT2D eigenvalue weighted by Crippen LogP contribution is -2.52. The van der Waals surface area contributed by atoms with Gasteiger partial charge in [0, 0.05) is 34.3 Å². The lowest BCUT2D eigenvalue weighted by molar-refractivity contribution is 1.36. The van der Waals surface area contributed by atoms with E-state index >= 15 is 0 Å². The summed E-state index contributed by atoms with van der Waals surface area (Å²) in [6.45, 7) is 14.5. The number of aromatic nitrogens is 2. The molecule has 2 heterocycles. The summed E-state index contributed by atoms with van der Waals surface area (Å²) in [6.07, 6.45) is 3.91. The summed E-state index contributed by atoms with van der Waals surface area (Å²) in [5, 5.41) is 11.9. The number of benzene rings is 5. The van der Waals surface area contributed by atoms with Crippen LogP contribution in [0.4, 0.5) is 0 Å². The zero-order valence-electron chi connectivity index (χ0n) is 28.2. The molecule has 0 aliphatic carbocycles. The van der Waals surface area contributed by atoms with Gasteiger partial charge in [0.2, 0.25) is 0 Å². The Morgan fingerprint density at radius 3 is 1.32 bits per heavy atom. The Bertz CT molecular complexity index is 2090. The van der Waals surface area contributed by atoms with Crippen molar-refractivity contribution in [1.82, 2.24) is 9.97 Å². The standard InChI is InChI=1S/C42H41N2Si3/c1-46(2,3)37-20-18-30-22-24-43-41(39(30)28-37)32-12-10-16-35(26-32)45(34-14-8-7-9-15-34)36-17-11-13-33(27-36)42-40-29-38(47(4,5)6)21-19-31(40)23-25-44-42/h7-29H,1-6H3. The van der Waals surface area contributed by atoms with E-state index in [9.17, 15) is 0 Å². The number of hydrogen-bond donors (Lipinski definition) is 0. The van der Waals surface area contributed by atoms with Crippen molar-refractivity contribution in [3.05, 3.63) is 140 Å². The van der Waals surface area contributed by atoms with Crippen LogP contribution < -0.4 is 25.9 Å². The van der Waals surface area contributed by atoms with Gasteiger partial charge in [-0.15, -0.1) is 0 Å². The van der Waals surface area contributed by atoms with E-state index in [2.05, 4.69) is 167 Å². The van der Waals surface area contributed by atoms with Gasteiger partial charge in [0.25, 0.3) is 0 Å². The van der Waals surface area contributed by atoms with Gasteiger partial charge in [0.1, 0.15) is 0 Å². The molecule has 0 fully saturated rings. The van der Waals surface area contributed by atoms with Gasteiger partial charge in [-0.3, -0.25) is 9.97 Å². The molecule has 5 heteroatoms. The van der Waals surface area contributed by atoms with Crippen LogP contribution in [0.3, 0.4) is 0 Å². The maximum absolute atomic E-state index is 4.97. The molecule has 0 aliphatic rings. The van der Waals surface area contributed by atoms with Crippen molar-refractivity contribution < 1.29 is 0 Å². The zero-order valence-corrected chi connectivity index (χ0v) is 31.2. The highest BCUT2D eigenvalue weighted by Gasteiger charge is 2.23. The second-order valence-electron chi connectivity index (χ2n) is 14.6.